The van der Waals surface area contributed by atoms with Crippen LogP contribution in [-0.2, 0) is 15.5 Å². The fourth-order valence-corrected chi connectivity index (χ4v) is 3.99. The molecule has 0 saturated heterocycles. The fraction of sp³-hybridized carbons (Fsp3) is 0.400. The van der Waals surface area contributed by atoms with Crippen LogP contribution in [0.1, 0.15) is 19.4 Å². The monoisotopic (exact) mass is 324 g/mol. The van der Waals surface area contributed by atoms with Gasteiger partial charge in [0, 0.05) is 21.6 Å². The van der Waals surface area contributed by atoms with Crippen molar-refractivity contribution in [3.05, 3.63) is 22.2 Å². The lowest BCUT2D eigenvalue weighted by atomic mass is 10.0. The van der Waals surface area contributed by atoms with E-state index in [9.17, 15) is 8.42 Å². The van der Waals surface area contributed by atoms with Crippen LogP contribution in [0.4, 0.5) is 0 Å². The molecule has 1 aromatic rings. The lowest BCUT2D eigenvalue weighted by Crippen LogP contribution is -2.24. The highest BCUT2D eigenvalue weighted by Gasteiger charge is 2.32. The van der Waals surface area contributed by atoms with Crippen molar-refractivity contribution in [2.45, 2.75) is 30.8 Å². The van der Waals surface area contributed by atoms with Crippen LogP contribution >= 0.6 is 26.6 Å². The maximum Gasteiger partial charge on any atom is 0.262 e. The highest BCUT2D eigenvalue weighted by molar-refractivity contribution is 9.10. The molecule has 3 nitrogen and oxygen atoms in total. The van der Waals surface area contributed by atoms with Gasteiger partial charge >= 0.3 is 0 Å². The summed E-state index contributed by atoms with van der Waals surface area (Å²) in [6.07, 6.45) is 0.676. The zero-order chi connectivity index (χ0) is 12.1. The van der Waals surface area contributed by atoms with E-state index in [1.807, 2.05) is 13.8 Å². The number of rotatable bonds is 1. The number of hydrogen-bond donors (Lipinski definition) is 0. The van der Waals surface area contributed by atoms with Gasteiger partial charge < -0.3 is 4.74 Å². The summed E-state index contributed by atoms with van der Waals surface area (Å²) in [5, 5.41) is 0. The first-order chi connectivity index (χ1) is 7.19. The van der Waals surface area contributed by atoms with E-state index in [0.717, 1.165) is 5.56 Å². The Kier molecular flexibility index (Phi) is 2.76. The van der Waals surface area contributed by atoms with Gasteiger partial charge in [-0.1, -0.05) is 0 Å². The summed E-state index contributed by atoms with van der Waals surface area (Å²) >= 11 is 3.18. The van der Waals surface area contributed by atoms with Crippen LogP contribution in [0.2, 0.25) is 0 Å². The van der Waals surface area contributed by atoms with Crippen LogP contribution in [0, 0.1) is 0 Å². The van der Waals surface area contributed by atoms with Crippen LogP contribution in [-0.4, -0.2) is 14.0 Å². The summed E-state index contributed by atoms with van der Waals surface area (Å²) in [4.78, 5) is 0.0919. The van der Waals surface area contributed by atoms with Crippen molar-refractivity contribution in [3.63, 3.8) is 0 Å². The Morgan fingerprint density at radius 3 is 2.62 bits per heavy atom. The molecule has 0 radical (unpaired) electrons. The van der Waals surface area contributed by atoms with Gasteiger partial charge in [0.15, 0.2) is 0 Å². The minimum atomic E-state index is -3.72. The van der Waals surface area contributed by atoms with Gasteiger partial charge in [0.2, 0.25) is 0 Å². The lowest BCUT2D eigenvalue weighted by Gasteiger charge is -2.16. The minimum Gasteiger partial charge on any atom is -0.487 e. The second-order valence-corrected chi connectivity index (χ2v) is 7.76. The van der Waals surface area contributed by atoms with Crippen LogP contribution in [0.3, 0.4) is 0 Å². The van der Waals surface area contributed by atoms with Crippen molar-refractivity contribution in [1.82, 2.24) is 0 Å². The second kappa shape index (κ2) is 3.62. The largest absolute Gasteiger partial charge is 0.487 e. The Labute approximate surface area is 107 Å². The van der Waals surface area contributed by atoms with Gasteiger partial charge in [-0.15, -0.1) is 0 Å². The maximum absolute atomic E-state index is 11.3. The van der Waals surface area contributed by atoms with Gasteiger partial charge in [-0.25, -0.2) is 8.42 Å². The SMILES string of the molecule is CC1(C)Cc2cc(S(=O)(=O)Cl)c(Br)cc2O1. The number of ether oxygens (including phenoxy) is 1. The second-order valence-electron chi connectivity index (χ2n) is 4.37. The molecule has 0 aliphatic carbocycles. The zero-order valence-electron chi connectivity index (χ0n) is 8.75. The average Bonchev–Trinajstić information content (AvgIpc) is 2.34. The van der Waals surface area contributed by atoms with Gasteiger partial charge in [0.05, 0.1) is 4.90 Å². The maximum atomic E-state index is 11.3. The van der Waals surface area contributed by atoms with Crippen molar-refractivity contribution >= 4 is 35.7 Å². The number of fused-ring (bicyclic) bond motifs is 1. The van der Waals surface area contributed by atoms with Crippen LogP contribution in [0.15, 0.2) is 21.5 Å². The van der Waals surface area contributed by atoms with E-state index in [4.69, 9.17) is 15.4 Å². The smallest absolute Gasteiger partial charge is 0.262 e. The molecule has 0 bridgehead atoms. The van der Waals surface area contributed by atoms with Crippen LogP contribution in [0.25, 0.3) is 0 Å². The molecule has 0 saturated carbocycles. The van der Waals surface area contributed by atoms with Crippen molar-refractivity contribution in [2.75, 3.05) is 0 Å². The molecule has 6 heteroatoms. The standard InChI is InChI=1S/C10H10BrClO3S/c1-10(2)5-6-3-9(16(12,13)14)7(11)4-8(6)15-10/h3-4H,5H2,1-2H3. The van der Waals surface area contributed by atoms with Crippen LogP contribution < -0.4 is 4.74 Å². The Hall–Kier alpha value is -0.260. The predicted octanol–water partition coefficient (Wildman–Crippen LogP) is 3.09. The first-order valence-corrected chi connectivity index (χ1v) is 7.75. The summed E-state index contributed by atoms with van der Waals surface area (Å²) in [5.74, 6) is 0.709. The first kappa shape index (κ1) is 12.2. The molecular formula is C10H10BrClO3S. The van der Waals surface area contributed by atoms with E-state index >= 15 is 0 Å². The van der Waals surface area contributed by atoms with E-state index in [-0.39, 0.29) is 10.5 Å². The zero-order valence-corrected chi connectivity index (χ0v) is 11.9. The molecule has 0 amide bonds. The number of hydrogen-bond acceptors (Lipinski definition) is 3. The summed E-state index contributed by atoms with van der Waals surface area (Å²) < 4.78 is 28.7. The molecular weight excluding hydrogens is 316 g/mol. The molecule has 0 N–H and O–H groups in total. The Balaban J connectivity index is 2.58. The topological polar surface area (TPSA) is 43.4 Å². The third-order valence-corrected chi connectivity index (χ3v) is 4.66. The van der Waals surface area contributed by atoms with Crippen molar-refractivity contribution in [3.8, 4) is 5.75 Å². The summed E-state index contributed by atoms with van der Waals surface area (Å²) in [6, 6.07) is 3.22. The number of benzene rings is 1. The van der Waals surface area contributed by atoms with Crippen LogP contribution in [0.5, 0.6) is 5.75 Å². The van der Waals surface area contributed by atoms with E-state index in [0.29, 0.717) is 16.6 Å². The summed E-state index contributed by atoms with van der Waals surface area (Å²) in [5.41, 5.74) is 0.573. The quantitative estimate of drug-likeness (QED) is 0.745. The molecule has 88 valence electrons. The molecule has 0 atom stereocenters. The highest BCUT2D eigenvalue weighted by atomic mass is 79.9. The first-order valence-electron chi connectivity index (χ1n) is 4.65. The summed E-state index contributed by atoms with van der Waals surface area (Å²) in [7, 11) is 1.62. The Bertz CT molecular complexity index is 551. The van der Waals surface area contributed by atoms with E-state index < -0.39 is 9.05 Å². The lowest BCUT2D eigenvalue weighted by molar-refractivity contribution is 0.138. The number of halogens is 2. The predicted molar refractivity (Wildman–Crippen MR) is 65.6 cm³/mol. The van der Waals surface area contributed by atoms with Gasteiger partial charge in [0.1, 0.15) is 11.4 Å². The molecule has 0 unspecified atom stereocenters. The van der Waals surface area contributed by atoms with Gasteiger partial charge in [-0.3, -0.25) is 0 Å². The Morgan fingerprint density at radius 2 is 2.06 bits per heavy atom. The van der Waals surface area contributed by atoms with Gasteiger partial charge in [-0.2, -0.15) is 0 Å². The highest BCUT2D eigenvalue weighted by Crippen LogP contribution is 2.40. The van der Waals surface area contributed by atoms with Gasteiger partial charge in [0.25, 0.3) is 9.05 Å². The third-order valence-electron chi connectivity index (χ3n) is 2.38. The average molecular weight is 326 g/mol. The summed E-state index contributed by atoms with van der Waals surface area (Å²) in [6.45, 7) is 3.91. The van der Waals surface area contributed by atoms with Crippen molar-refractivity contribution < 1.29 is 13.2 Å². The molecule has 0 fully saturated rings. The molecule has 0 aromatic heterocycles. The molecule has 0 spiro atoms. The molecule has 1 heterocycles. The van der Waals surface area contributed by atoms with E-state index in [2.05, 4.69) is 15.9 Å². The fourth-order valence-electron chi connectivity index (χ4n) is 1.79. The third kappa shape index (κ3) is 2.21. The minimum absolute atomic E-state index is 0.0919. The molecule has 1 aromatic carbocycles. The Morgan fingerprint density at radius 1 is 1.44 bits per heavy atom. The van der Waals surface area contributed by atoms with Crippen molar-refractivity contribution in [2.24, 2.45) is 0 Å². The van der Waals surface area contributed by atoms with Crippen molar-refractivity contribution in [1.29, 1.82) is 0 Å². The van der Waals surface area contributed by atoms with Gasteiger partial charge in [-0.05, 0) is 47.5 Å². The molecule has 1 aliphatic rings. The molecule has 16 heavy (non-hydrogen) atoms. The normalized spacial score (nSPS) is 18.0. The molecule has 2 rings (SSSR count). The van der Waals surface area contributed by atoms with E-state index in [1.54, 1.807) is 12.1 Å². The molecule has 1 aliphatic heterocycles. The van der Waals surface area contributed by atoms with E-state index in [1.165, 1.54) is 0 Å².